The molecule has 0 aromatic heterocycles. The molecular formula is C30H37F. The molecule has 2 fully saturated rings. The van der Waals surface area contributed by atoms with E-state index in [-0.39, 0.29) is 11.2 Å². The van der Waals surface area contributed by atoms with Gasteiger partial charge in [-0.15, -0.1) is 0 Å². The Morgan fingerprint density at radius 2 is 1.58 bits per heavy atom. The summed E-state index contributed by atoms with van der Waals surface area (Å²) >= 11 is 0. The van der Waals surface area contributed by atoms with E-state index in [0.29, 0.717) is 11.3 Å². The molecule has 31 heavy (non-hydrogen) atoms. The maximum absolute atomic E-state index is 13.3. The van der Waals surface area contributed by atoms with E-state index in [4.69, 9.17) is 0 Å². The first-order valence-electron chi connectivity index (χ1n) is 11.8. The zero-order valence-electron chi connectivity index (χ0n) is 19.7. The van der Waals surface area contributed by atoms with Crippen LogP contribution in [-0.4, -0.2) is 0 Å². The van der Waals surface area contributed by atoms with Crippen molar-refractivity contribution in [2.75, 3.05) is 0 Å². The van der Waals surface area contributed by atoms with Crippen LogP contribution >= 0.6 is 0 Å². The molecule has 0 radical (unpaired) electrons. The second-order valence-electron chi connectivity index (χ2n) is 10.9. The Bertz CT molecular complexity index is 970. The van der Waals surface area contributed by atoms with Gasteiger partial charge in [-0.3, -0.25) is 0 Å². The van der Waals surface area contributed by atoms with Crippen LogP contribution in [0.25, 0.3) is 0 Å². The molecule has 2 saturated carbocycles. The summed E-state index contributed by atoms with van der Waals surface area (Å²) in [6.45, 7) is 18.5. The molecule has 2 aromatic carbocycles. The standard InChI is InChI=1S/C30H37F/c1-7-29(5)18-25(19-29)28-20(2)16-30(6,17-21(28)3)27-10-8-9-24(22(27)4)15-23-11-13-26(31)14-12-23/h8-14,25,28H,2-3,7,15-19H2,1,4-6H3/t25?,28-,29?,30+. The fourth-order valence-electron chi connectivity index (χ4n) is 6.51. The molecule has 0 amide bonds. The van der Waals surface area contributed by atoms with Gasteiger partial charge in [-0.1, -0.05) is 81.8 Å². The van der Waals surface area contributed by atoms with Crippen molar-refractivity contribution in [3.63, 3.8) is 0 Å². The van der Waals surface area contributed by atoms with E-state index in [9.17, 15) is 4.39 Å². The molecule has 2 aromatic rings. The quantitative estimate of drug-likeness (QED) is 0.430. The van der Waals surface area contributed by atoms with Gasteiger partial charge in [-0.05, 0) is 84.7 Å². The number of benzene rings is 2. The predicted octanol–water partition coefficient (Wildman–Crippen LogP) is 8.33. The van der Waals surface area contributed by atoms with E-state index in [1.54, 1.807) is 12.1 Å². The van der Waals surface area contributed by atoms with Crippen molar-refractivity contribution in [1.29, 1.82) is 0 Å². The molecule has 0 unspecified atom stereocenters. The van der Waals surface area contributed by atoms with Crippen molar-refractivity contribution in [2.24, 2.45) is 17.3 Å². The monoisotopic (exact) mass is 416 g/mol. The van der Waals surface area contributed by atoms with Crippen LogP contribution < -0.4 is 0 Å². The molecule has 0 atom stereocenters. The lowest BCUT2D eigenvalue weighted by Gasteiger charge is -2.53. The van der Waals surface area contributed by atoms with E-state index in [2.05, 4.69) is 59.1 Å². The molecule has 164 valence electrons. The fourth-order valence-corrected chi connectivity index (χ4v) is 6.51. The smallest absolute Gasteiger partial charge is 0.123 e. The van der Waals surface area contributed by atoms with Crippen LogP contribution in [0.5, 0.6) is 0 Å². The van der Waals surface area contributed by atoms with E-state index < -0.39 is 0 Å². The molecule has 0 saturated heterocycles. The lowest BCUT2D eigenvalue weighted by Crippen LogP contribution is -2.43. The SMILES string of the molecule is C=C1C[C@](C)(c2cccc(Cc3ccc(F)cc3)c2C)CC(=C)[C@@H]1C1CC(C)(CC)C1. The first kappa shape index (κ1) is 22.1. The van der Waals surface area contributed by atoms with E-state index in [1.165, 1.54) is 47.1 Å². The first-order valence-corrected chi connectivity index (χ1v) is 11.8. The van der Waals surface area contributed by atoms with Gasteiger partial charge in [-0.2, -0.15) is 0 Å². The van der Waals surface area contributed by atoms with Gasteiger partial charge in [0.25, 0.3) is 0 Å². The second kappa shape index (κ2) is 8.08. The molecule has 0 heterocycles. The highest BCUT2D eigenvalue weighted by Gasteiger charge is 2.47. The van der Waals surface area contributed by atoms with Gasteiger partial charge in [0.2, 0.25) is 0 Å². The Labute approximate surface area is 188 Å². The maximum Gasteiger partial charge on any atom is 0.123 e. The normalized spacial score (nSPS) is 30.9. The van der Waals surface area contributed by atoms with Gasteiger partial charge in [0.15, 0.2) is 0 Å². The van der Waals surface area contributed by atoms with E-state index >= 15 is 0 Å². The zero-order chi connectivity index (χ0) is 22.4. The Hall–Kier alpha value is -2.15. The van der Waals surface area contributed by atoms with Gasteiger partial charge < -0.3 is 0 Å². The van der Waals surface area contributed by atoms with Crippen molar-refractivity contribution in [3.8, 4) is 0 Å². The third kappa shape index (κ3) is 4.16. The van der Waals surface area contributed by atoms with Gasteiger partial charge >= 0.3 is 0 Å². The highest BCUT2D eigenvalue weighted by molar-refractivity contribution is 5.45. The lowest BCUT2D eigenvalue weighted by molar-refractivity contribution is 0.0429. The summed E-state index contributed by atoms with van der Waals surface area (Å²) in [5.74, 6) is 1.05. The van der Waals surface area contributed by atoms with Crippen molar-refractivity contribution in [2.45, 2.75) is 71.6 Å². The Morgan fingerprint density at radius 3 is 2.16 bits per heavy atom. The minimum Gasteiger partial charge on any atom is -0.207 e. The number of hydrogen-bond acceptors (Lipinski definition) is 0. The summed E-state index contributed by atoms with van der Waals surface area (Å²) in [5.41, 5.74) is 8.57. The lowest BCUT2D eigenvalue weighted by atomic mass is 9.52. The summed E-state index contributed by atoms with van der Waals surface area (Å²) in [4.78, 5) is 0. The molecule has 0 aliphatic heterocycles. The Kier molecular flexibility index (Phi) is 5.75. The largest absolute Gasteiger partial charge is 0.207 e. The third-order valence-corrected chi connectivity index (χ3v) is 8.35. The average molecular weight is 417 g/mol. The fraction of sp³-hybridized carbons (Fsp3) is 0.467. The first-order chi connectivity index (χ1) is 14.6. The third-order valence-electron chi connectivity index (χ3n) is 8.35. The molecule has 0 spiro atoms. The highest BCUT2D eigenvalue weighted by atomic mass is 19.1. The molecule has 2 aliphatic carbocycles. The van der Waals surface area contributed by atoms with Gasteiger partial charge in [0, 0.05) is 11.3 Å². The number of rotatable bonds is 5. The number of hydrogen-bond donors (Lipinski definition) is 0. The molecule has 0 N–H and O–H groups in total. The highest BCUT2D eigenvalue weighted by Crippen LogP contribution is 2.58. The molecule has 0 bridgehead atoms. The van der Waals surface area contributed by atoms with Crippen molar-refractivity contribution in [1.82, 2.24) is 0 Å². The number of halogens is 1. The van der Waals surface area contributed by atoms with Crippen LogP contribution in [0.1, 0.15) is 75.1 Å². The van der Waals surface area contributed by atoms with Crippen LogP contribution in [0.15, 0.2) is 66.8 Å². The summed E-state index contributed by atoms with van der Waals surface area (Å²) < 4.78 is 13.3. The summed E-state index contributed by atoms with van der Waals surface area (Å²) in [5, 5.41) is 0. The zero-order valence-corrected chi connectivity index (χ0v) is 19.7. The van der Waals surface area contributed by atoms with E-state index in [1.807, 2.05) is 12.1 Å². The molecular weight excluding hydrogens is 379 g/mol. The summed E-state index contributed by atoms with van der Waals surface area (Å²) in [6.07, 6.45) is 6.81. The van der Waals surface area contributed by atoms with Crippen molar-refractivity contribution < 1.29 is 4.39 Å². The molecule has 4 rings (SSSR count). The van der Waals surface area contributed by atoms with Crippen molar-refractivity contribution in [3.05, 3.63) is 94.8 Å². The van der Waals surface area contributed by atoms with Crippen LogP contribution in [0.4, 0.5) is 4.39 Å². The van der Waals surface area contributed by atoms with Crippen LogP contribution in [0.2, 0.25) is 0 Å². The van der Waals surface area contributed by atoms with Gasteiger partial charge in [-0.25, -0.2) is 4.39 Å². The molecule has 2 aliphatic rings. The second-order valence-corrected chi connectivity index (χ2v) is 10.9. The Balaban J connectivity index is 1.55. The maximum atomic E-state index is 13.3. The van der Waals surface area contributed by atoms with Crippen molar-refractivity contribution >= 4 is 0 Å². The predicted molar refractivity (Wildman–Crippen MR) is 130 cm³/mol. The van der Waals surface area contributed by atoms with E-state index in [0.717, 1.165) is 30.7 Å². The minimum atomic E-state index is -0.179. The summed E-state index contributed by atoms with van der Waals surface area (Å²) in [6, 6.07) is 13.6. The summed E-state index contributed by atoms with van der Waals surface area (Å²) in [7, 11) is 0. The van der Waals surface area contributed by atoms with Crippen LogP contribution in [-0.2, 0) is 11.8 Å². The van der Waals surface area contributed by atoms with Crippen LogP contribution in [0, 0.1) is 30.0 Å². The molecule has 0 nitrogen and oxygen atoms in total. The number of allylic oxidation sites excluding steroid dienone is 2. The average Bonchev–Trinajstić information content (AvgIpc) is 2.69. The topological polar surface area (TPSA) is 0 Å². The minimum absolute atomic E-state index is 0.0470. The molecule has 1 heteroatoms. The van der Waals surface area contributed by atoms with Gasteiger partial charge in [0.05, 0.1) is 0 Å². The Morgan fingerprint density at radius 1 is 0.968 bits per heavy atom. The van der Waals surface area contributed by atoms with Gasteiger partial charge in [0.1, 0.15) is 5.82 Å². The van der Waals surface area contributed by atoms with Crippen LogP contribution in [0.3, 0.4) is 0 Å².